The van der Waals surface area contributed by atoms with Gasteiger partial charge in [0, 0.05) is 13.2 Å². The molecule has 0 fully saturated rings. The van der Waals surface area contributed by atoms with E-state index in [-0.39, 0.29) is 0 Å². The van der Waals surface area contributed by atoms with Crippen molar-refractivity contribution < 1.29 is 10.2 Å². The zero-order chi connectivity index (χ0) is 8.36. The molecule has 0 amide bonds. The second-order valence-corrected chi connectivity index (χ2v) is 3.87. The highest BCUT2D eigenvalue weighted by Gasteiger charge is 1.90. The maximum atomic E-state index is 8.47. The molecule has 0 aliphatic carbocycles. The predicted octanol–water partition coefficient (Wildman–Crippen LogP) is 1.48. The first-order valence-corrected chi connectivity index (χ1v) is 5.53. The SMILES string of the molecule is OCCCC[P]CCCCO. The first kappa shape index (κ1) is 11.4. The lowest BCUT2D eigenvalue weighted by atomic mass is 10.4. The minimum absolute atomic E-state index is 0.326. The molecule has 0 bridgehead atoms. The minimum atomic E-state index is 0.326. The van der Waals surface area contributed by atoms with Crippen molar-refractivity contribution in [2.45, 2.75) is 25.7 Å². The van der Waals surface area contributed by atoms with E-state index in [1.54, 1.807) is 0 Å². The Kier molecular flexibility index (Phi) is 10.7. The van der Waals surface area contributed by atoms with Gasteiger partial charge in [0.15, 0.2) is 0 Å². The second kappa shape index (κ2) is 10.3. The van der Waals surface area contributed by atoms with Crippen LogP contribution < -0.4 is 0 Å². The third-order valence-corrected chi connectivity index (χ3v) is 2.71. The standard InChI is InChI=1S/C8H18O2P/c9-5-1-3-7-11-8-4-2-6-10/h9-10H,1-8H2. The largest absolute Gasteiger partial charge is 0.396 e. The van der Waals surface area contributed by atoms with Crippen molar-refractivity contribution in [3.05, 3.63) is 0 Å². The molecule has 0 unspecified atom stereocenters. The summed E-state index contributed by atoms with van der Waals surface area (Å²) in [5.74, 6) is 0. The van der Waals surface area contributed by atoms with Crippen LogP contribution in [0, 0.1) is 0 Å². The maximum Gasteiger partial charge on any atom is 0.0431 e. The van der Waals surface area contributed by atoms with Gasteiger partial charge in [0.25, 0.3) is 0 Å². The smallest absolute Gasteiger partial charge is 0.0431 e. The molecular formula is C8H18O2P. The molecule has 0 aliphatic heterocycles. The van der Waals surface area contributed by atoms with Crippen LogP contribution in [0.1, 0.15) is 25.7 Å². The molecule has 2 N–H and O–H groups in total. The van der Waals surface area contributed by atoms with E-state index in [0.717, 1.165) is 25.7 Å². The Morgan fingerprint density at radius 1 is 0.727 bits per heavy atom. The average Bonchev–Trinajstić information content (AvgIpc) is 2.03. The van der Waals surface area contributed by atoms with Gasteiger partial charge >= 0.3 is 0 Å². The molecule has 0 rings (SSSR count). The monoisotopic (exact) mass is 177 g/mol. The van der Waals surface area contributed by atoms with E-state index in [0.29, 0.717) is 13.2 Å². The summed E-state index contributed by atoms with van der Waals surface area (Å²) in [6.45, 7) is 0.651. The molecule has 0 aliphatic rings. The molecule has 2 nitrogen and oxygen atoms in total. The summed E-state index contributed by atoms with van der Waals surface area (Å²) < 4.78 is 0. The van der Waals surface area contributed by atoms with Crippen molar-refractivity contribution in [2.24, 2.45) is 0 Å². The number of aliphatic hydroxyl groups is 2. The Bertz CT molecular complexity index is 61.1. The van der Waals surface area contributed by atoms with Gasteiger partial charge < -0.3 is 10.2 Å². The third-order valence-electron chi connectivity index (χ3n) is 1.45. The van der Waals surface area contributed by atoms with Crippen LogP contribution in [0.5, 0.6) is 0 Å². The Balaban J connectivity index is 2.69. The lowest BCUT2D eigenvalue weighted by Crippen LogP contribution is -1.87. The molecule has 11 heavy (non-hydrogen) atoms. The van der Waals surface area contributed by atoms with Crippen molar-refractivity contribution in [3.63, 3.8) is 0 Å². The van der Waals surface area contributed by atoms with Gasteiger partial charge in [0.2, 0.25) is 0 Å². The summed E-state index contributed by atoms with van der Waals surface area (Å²) in [6, 6.07) is 0. The minimum Gasteiger partial charge on any atom is -0.396 e. The molecule has 1 radical (unpaired) electrons. The van der Waals surface area contributed by atoms with Gasteiger partial charge in [0.05, 0.1) is 0 Å². The van der Waals surface area contributed by atoms with Crippen molar-refractivity contribution in [1.82, 2.24) is 0 Å². The van der Waals surface area contributed by atoms with Gasteiger partial charge in [-0.25, -0.2) is 0 Å². The lowest BCUT2D eigenvalue weighted by molar-refractivity contribution is 0.287. The fourth-order valence-corrected chi connectivity index (χ4v) is 1.90. The summed E-state index contributed by atoms with van der Waals surface area (Å²) >= 11 is 0. The molecule has 0 saturated heterocycles. The van der Waals surface area contributed by atoms with E-state index in [9.17, 15) is 0 Å². The summed E-state index contributed by atoms with van der Waals surface area (Å²) in [4.78, 5) is 0. The molecule has 0 heterocycles. The van der Waals surface area contributed by atoms with Crippen molar-refractivity contribution in [2.75, 3.05) is 25.5 Å². The fraction of sp³-hybridized carbons (Fsp3) is 1.00. The quantitative estimate of drug-likeness (QED) is 0.435. The molecule has 0 saturated carbocycles. The molecule has 0 aromatic rings. The molecule has 0 aromatic heterocycles. The van der Waals surface area contributed by atoms with Gasteiger partial charge in [-0.3, -0.25) is 0 Å². The van der Waals surface area contributed by atoms with Gasteiger partial charge in [-0.2, -0.15) is 0 Å². The van der Waals surface area contributed by atoms with Crippen LogP contribution >= 0.6 is 8.58 Å². The highest BCUT2D eigenvalue weighted by Crippen LogP contribution is 2.14. The van der Waals surface area contributed by atoms with Crippen LogP contribution in [0.3, 0.4) is 0 Å². The fourth-order valence-electron chi connectivity index (χ4n) is 0.783. The molecule has 0 aromatic carbocycles. The van der Waals surface area contributed by atoms with E-state index in [4.69, 9.17) is 10.2 Å². The zero-order valence-corrected chi connectivity index (χ0v) is 7.89. The van der Waals surface area contributed by atoms with Crippen LogP contribution in [-0.2, 0) is 0 Å². The van der Waals surface area contributed by atoms with E-state index in [1.165, 1.54) is 20.9 Å². The van der Waals surface area contributed by atoms with Crippen LogP contribution in [-0.4, -0.2) is 35.8 Å². The van der Waals surface area contributed by atoms with E-state index >= 15 is 0 Å². The van der Waals surface area contributed by atoms with Crippen LogP contribution in [0.4, 0.5) is 0 Å². The number of rotatable bonds is 8. The number of unbranched alkanes of at least 4 members (excludes halogenated alkanes) is 2. The van der Waals surface area contributed by atoms with Gasteiger partial charge in [0.1, 0.15) is 0 Å². The van der Waals surface area contributed by atoms with Gasteiger partial charge in [-0.05, 0) is 38.0 Å². The second-order valence-electron chi connectivity index (χ2n) is 2.53. The Hall–Kier alpha value is 0.350. The third kappa shape index (κ3) is 10.4. The van der Waals surface area contributed by atoms with Crippen molar-refractivity contribution in [1.29, 1.82) is 0 Å². The zero-order valence-electron chi connectivity index (χ0n) is 7.00. The van der Waals surface area contributed by atoms with Crippen LogP contribution in [0.15, 0.2) is 0 Å². The first-order chi connectivity index (χ1) is 5.41. The van der Waals surface area contributed by atoms with Crippen LogP contribution in [0.2, 0.25) is 0 Å². The lowest BCUT2D eigenvalue weighted by Gasteiger charge is -1.98. The van der Waals surface area contributed by atoms with Crippen LogP contribution in [0.25, 0.3) is 0 Å². The van der Waals surface area contributed by atoms with E-state index < -0.39 is 0 Å². The topological polar surface area (TPSA) is 40.5 Å². The summed E-state index contributed by atoms with van der Waals surface area (Å²) in [7, 11) is 1.47. The maximum absolute atomic E-state index is 8.47. The molecule has 3 heteroatoms. The Labute approximate surface area is 70.8 Å². The molecular weight excluding hydrogens is 159 g/mol. The predicted molar refractivity (Wildman–Crippen MR) is 49.3 cm³/mol. The molecule has 0 spiro atoms. The number of aliphatic hydroxyl groups excluding tert-OH is 2. The summed E-state index contributed by atoms with van der Waals surface area (Å²) in [5.41, 5.74) is 0. The number of hydrogen-bond acceptors (Lipinski definition) is 2. The normalized spacial score (nSPS) is 10.4. The van der Waals surface area contributed by atoms with E-state index in [1.807, 2.05) is 0 Å². The highest BCUT2D eigenvalue weighted by atomic mass is 31.1. The highest BCUT2D eigenvalue weighted by molar-refractivity contribution is 7.37. The average molecular weight is 177 g/mol. The first-order valence-electron chi connectivity index (χ1n) is 4.26. The summed E-state index contributed by atoms with van der Waals surface area (Å²) in [6.07, 6.45) is 6.55. The number of hydrogen-bond donors (Lipinski definition) is 2. The van der Waals surface area contributed by atoms with Crippen molar-refractivity contribution >= 4 is 8.58 Å². The van der Waals surface area contributed by atoms with Crippen molar-refractivity contribution in [3.8, 4) is 0 Å². The molecule has 0 atom stereocenters. The van der Waals surface area contributed by atoms with Gasteiger partial charge in [-0.15, -0.1) is 0 Å². The van der Waals surface area contributed by atoms with E-state index in [2.05, 4.69) is 0 Å². The van der Waals surface area contributed by atoms with Gasteiger partial charge in [-0.1, -0.05) is 8.58 Å². The molecule has 67 valence electrons. The summed E-state index contributed by atoms with van der Waals surface area (Å²) in [5, 5.41) is 16.9. The Morgan fingerprint density at radius 3 is 1.55 bits per heavy atom. The Morgan fingerprint density at radius 2 is 1.18 bits per heavy atom.